The predicted octanol–water partition coefficient (Wildman–Crippen LogP) is 2.56. The SMILES string of the molecule is COc1cnc(NC(C)c2ccc(C)o2)nc1. The van der Waals surface area contributed by atoms with Crippen molar-refractivity contribution in [2.45, 2.75) is 19.9 Å². The highest BCUT2D eigenvalue weighted by Gasteiger charge is 2.10. The first kappa shape index (κ1) is 11.4. The van der Waals surface area contributed by atoms with Crippen LogP contribution in [-0.2, 0) is 0 Å². The number of aromatic nitrogens is 2. The van der Waals surface area contributed by atoms with E-state index in [-0.39, 0.29) is 6.04 Å². The molecule has 2 aromatic rings. The minimum Gasteiger partial charge on any atom is -0.494 e. The van der Waals surface area contributed by atoms with Gasteiger partial charge in [0, 0.05) is 0 Å². The molecule has 1 N–H and O–H groups in total. The summed E-state index contributed by atoms with van der Waals surface area (Å²) in [6.07, 6.45) is 3.24. The molecule has 0 radical (unpaired) electrons. The number of anilines is 1. The largest absolute Gasteiger partial charge is 0.494 e. The van der Waals surface area contributed by atoms with E-state index >= 15 is 0 Å². The second-order valence-corrected chi connectivity index (χ2v) is 3.76. The van der Waals surface area contributed by atoms with Crippen LogP contribution >= 0.6 is 0 Å². The molecule has 2 heterocycles. The van der Waals surface area contributed by atoms with E-state index in [4.69, 9.17) is 9.15 Å². The molecule has 1 atom stereocenters. The Bertz CT molecular complexity index is 479. The van der Waals surface area contributed by atoms with E-state index < -0.39 is 0 Å². The number of methoxy groups -OCH3 is 1. The van der Waals surface area contributed by atoms with E-state index in [9.17, 15) is 0 Å². The van der Waals surface area contributed by atoms with Gasteiger partial charge in [-0.3, -0.25) is 0 Å². The van der Waals surface area contributed by atoms with Crippen LogP contribution in [0.1, 0.15) is 24.5 Å². The summed E-state index contributed by atoms with van der Waals surface area (Å²) in [5, 5.41) is 3.15. The standard InChI is InChI=1S/C12H15N3O2/c1-8-4-5-11(17-8)9(2)15-12-13-6-10(16-3)7-14-12/h4-7,9H,1-3H3,(H,13,14,15). The van der Waals surface area contributed by atoms with Crippen LogP contribution in [0.5, 0.6) is 5.75 Å². The van der Waals surface area contributed by atoms with Gasteiger partial charge in [0.15, 0.2) is 5.75 Å². The Labute approximate surface area is 99.8 Å². The molecule has 5 nitrogen and oxygen atoms in total. The van der Waals surface area contributed by atoms with Crippen molar-refractivity contribution in [3.63, 3.8) is 0 Å². The lowest BCUT2D eigenvalue weighted by Gasteiger charge is -2.11. The minimum atomic E-state index is 0.0251. The topological polar surface area (TPSA) is 60.2 Å². The van der Waals surface area contributed by atoms with Gasteiger partial charge in [0.05, 0.1) is 25.5 Å². The molecule has 1 unspecified atom stereocenters. The lowest BCUT2D eigenvalue weighted by atomic mass is 10.2. The molecule has 0 aliphatic heterocycles. The monoisotopic (exact) mass is 233 g/mol. The molecule has 0 bridgehead atoms. The quantitative estimate of drug-likeness (QED) is 0.879. The molecule has 90 valence electrons. The van der Waals surface area contributed by atoms with Gasteiger partial charge in [0.2, 0.25) is 5.95 Å². The van der Waals surface area contributed by atoms with Gasteiger partial charge < -0.3 is 14.5 Å². The summed E-state index contributed by atoms with van der Waals surface area (Å²) in [4.78, 5) is 8.27. The van der Waals surface area contributed by atoms with E-state index in [1.54, 1.807) is 19.5 Å². The Balaban J connectivity index is 2.04. The molecule has 5 heteroatoms. The van der Waals surface area contributed by atoms with Crippen molar-refractivity contribution in [2.24, 2.45) is 0 Å². The Morgan fingerprint density at radius 3 is 2.53 bits per heavy atom. The third-order valence-corrected chi connectivity index (χ3v) is 2.40. The first-order chi connectivity index (χ1) is 8.19. The maximum absolute atomic E-state index is 5.52. The van der Waals surface area contributed by atoms with Gasteiger partial charge in [-0.15, -0.1) is 0 Å². The molecular weight excluding hydrogens is 218 g/mol. The summed E-state index contributed by atoms with van der Waals surface area (Å²) in [7, 11) is 1.58. The fourth-order valence-corrected chi connectivity index (χ4v) is 1.45. The van der Waals surface area contributed by atoms with Crippen molar-refractivity contribution in [3.8, 4) is 5.75 Å². The first-order valence-corrected chi connectivity index (χ1v) is 5.38. The number of hydrogen-bond donors (Lipinski definition) is 1. The van der Waals surface area contributed by atoms with Gasteiger partial charge in [0.1, 0.15) is 11.5 Å². The second kappa shape index (κ2) is 4.86. The van der Waals surface area contributed by atoms with Crippen molar-refractivity contribution in [2.75, 3.05) is 12.4 Å². The van der Waals surface area contributed by atoms with Crippen molar-refractivity contribution in [3.05, 3.63) is 36.0 Å². The molecule has 0 aliphatic rings. The number of nitrogens with zero attached hydrogens (tertiary/aromatic N) is 2. The van der Waals surface area contributed by atoms with Gasteiger partial charge in [-0.25, -0.2) is 9.97 Å². The average molecular weight is 233 g/mol. The number of furan rings is 1. The van der Waals surface area contributed by atoms with Gasteiger partial charge in [-0.1, -0.05) is 0 Å². The number of nitrogens with one attached hydrogen (secondary N) is 1. The van der Waals surface area contributed by atoms with Crippen LogP contribution in [-0.4, -0.2) is 17.1 Å². The van der Waals surface area contributed by atoms with Crippen LogP contribution < -0.4 is 10.1 Å². The Morgan fingerprint density at radius 1 is 1.29 bits per heavy atom. The molecule has 0 spiro atoms. The number of hydrogen-bond acceptors (Lipinski definition) is 5. The highest BCUT2D eigenvalue weighted by Crippen LogP contribution is 2.19. The van der Waals surface area contributed by atoms with Crippen molar-refractivity contribution in [1.82, 2.24) is 9.97 Å². The smallest absolute Gasteiger partial charge is 0.223 e. The van der Waals surface area contributed by atoms with Crippen LogP contribution in [0.4, 0.5) is 5.95 Å². The second-order valence-electron chi connectivity index (χ2n) is 3.76. The minimum absolute atomic E-state index is 0.0251. The van der Waals surface area contributed by atoms with E-state index in [1.807, 2.05) is 26.0 Å². The van der Waals surface area contributed by atoms with E-state index in [2.05, 4.69) is 15.3 Å². The zero-order valence-electron chi connectivity index (χ0n) is 10.1. The number of aryl methyl sites for hydroxylation is 1. The van der Waals surface area contributed by atoms with Crippen LogP contribution in [0, 0.1) is 6.92 Å². The van der Waals surface area contributed by atoms with E-state index in [0.717, 1.165) is 11.5 Å². The molecule has 0 aromatic carbocycles. The van der Waals surface area contributed by atoms with Gasteiger partial charge in [0.25, 0.3) is 0 Å². The maximum Gasteiger partial charge on any atom is 0.223 e. The molecule has 17 heavy (non-hydrogen) atoms. The molecule has 0 aliphatic carbocycles. The van der Waals surface area contributed by atoms with Crippen LogP contribution in [0.3, 0.4) is 0 Å². The summed E-state index contributed by atoms with van der Waals surface area (Å²) >= 11 is 0. The van der Waals surface area contributed by atoms with E-state index in [0.29, 0.717) is 11.7 Å². The maximum atomic E-state index is 5.52. The van der Waals surface area contributed by atoms with Gasteiger partial charge in [-0.05, 0) is 26.0 Å². The van der Waals surface area contributed by atoms with Gasteiger partial charge >= 0.3 is 0 Å². The van der Waals surface area contributed by atoms with Crippen LogP contribution in [0.25, 0.3) is 0 Å². The molecule has 2 aromatic heterocycles. The molecule has 0 saturated heterocycles. The van der Waals surface area contributed by atoms with Crippen molar-refractivity contribution >= 4 is 5.95 Å². The lowest BCUT2D eigenvalue weighted by Crippen LogP contribution is -2.08. The summed E-state index contributed by atoms with van der Waals surface area (Å²) < 4.78 is 10.5. The molecule has 0 amide bonds. The Kier molecular flexibility index (Phi) is 3.27. The zero-order valence-corrected chi connectivity index (χ0v) is 10.1. The number of rotatable bonds is 4. The summed E-state index contributed by atoms with van der Waals surface area (Å²) in [6, 6.07) is 3.90. The average Bonchev–Trinajstić information content (AvgIpc) is 2.77. The summed E-state index contributed by atoms with van der Waals surface area (Å²) in [5.74, 6) is 2.94. The third kappa shape index (κ3) is 2.75. The lowest BCUT2D eigenvalue weighted by molar-refractivity contribution is 0.410. The zero-order chi connectivity index (χ0) is 12.3. The first-order valence-electron chi connectivity index (χ1n) is 5.38. The molecule has 0 fully saturated rings. The third-order valence-electron chi connectivity index (χ3n) is 2.40. The normalized spacial score (nSPS) is 12.2. The van der Waals surface area contributed by atoms with Crippen LogP contribution in [0.15, 0.2) is 28.9 Å². The molecular formula is C12H15N3O2. The Hall–Kier alpha value is -2.04. The Morgan fingerprint density at radius 2 is 2.00 bits per heavy atom. The van der Waals surface area contributed by atoms with Crippen molar-refractivity contribution in [1.29, 1.82) is 0 Å². The fourth-order valence-electron chi connectivity index (χ4n) is 1.45. The van der Waals surface area contributed by atoms with Crippen LogP contribution in [0.2, 0.25) is 0 Å². The van der Waals surface area contributed by atoms with Crippen molar-refractivity contribution < 1.29 is 9.15 Å². The summed E-state index contributed by atoms with van der Waals surface area (Å²) in [6.45, 7) is 3.91. The number of ether oxygens (including phenoxy) is 1. The highest BCUT2D eigenvalue weighted by atomic mass is 16.5. The van der Waals surface area contributed by atoms with Gasteiger partial charge in [-0.2, -0.15) is 0 Å². The molecule has 2 rings (SSSR count). The molecule has 0 saturated carbocycles. The highest BCUT2D eigenvalue weighted by molar-refractivity contribution is 5.30. The summed E-state index contributed by atoms with van der Waals surface area (Å²) in [5.41, 5.74) is 0. The van der Waals surface area contributed by atoms with E-state index in [1.165, 1.54) is 0 Å². The predicted molar refractivity (Wildman–Crippen MR) is 64.1 cm³/mol. The fraction of sp³-hybridized carbons (Fsp3) is 0.333.